The highest BCUT2D eigenvalue weighted by atomic mass is 19.1. The van der Waals surface area contributed by atoms with Crippen molar-refractivity contribution in [2.24, 2.45) is 0 Å². The molecule has 0 aliphatic carbocycles. The maximum Gasteiger partial charge on any atom is 0.126 e. The van der Waals surface area contributed by atoms with Gasteiger partial charge in [0.2, 0.25) is 0 Å². The number of rotatable bonds is 1. The number of phenolic OH excluding ortho intramolecular Hbond substituents is 1. The maximum atomic E-state index is 12.5. The van der Waals surface area contributed by atoms with E-state index >= 15 is 0 Å². The summed E-state index contributed by atoms with van der Waals surface area (Å²) in [4.78, 5) is 0. The lowest BCUT2D eigenvalue weighted by Crippen LogP contribution is -2.15. The minimum Gasteiger partial charge on any atom is -0.507 e. The van der Waals surface area contributed by atoms with E-state index in [4.69, 9.17) is 0 Å². The van der Waals surface area contributed by atoms with Crippen LogP contribution in [0, 0.1) is 5.82 Å². The van der Waals surface area contributed by atoms with Crippen LogP contribution in [-0.2, 0) is 5.60 Å². The Morgan fingerprint density at radius 3 is 2.33 bits per heavy atom. The van der Waals surface area contributed by atoms with Crippen LogP contribution in [0.3, 0.4) is 0 Å². The van der Waals surface area contributed by atoms with E-state index in [0.29, 0.717) is 5.56 Å². The summed E-state index contributed by atoms with van der Waals surface area (Å²) in [5, 5.41) is 18.7. The Bertz CT molecular complexity index is 289. The molecule has 0 aliphatic heterocycles. The summed E-state index contributed by atoms with van der Waals surface area (Å²) in [5.41, 5.74) is -0.818. The average molecular weight is 170 g/mol. The van der Waals surface area contributed by atoms with Crippen molar-refractivity contribution in [1.29, 1.82) is 0 Å². The van der Waals surface area contributed by atoms with E-state index in [1.54, 1.807) is 0 Å². The molecule has 1 aromatic carbocycles. The molecule has 0 fully saturated rings. The second-order valence-corrected chi connectivity index (χ2v) is 3.22. The van der Waals surface area contributed by atoms with Crippen LogP contribution in [0.5, 0.6) is 5.75 Å². The number of aliphatic hydroxyl groups is 1. The summed E-state index contributed by atoms with van der Waals surface area (Å²) in [7, 11) is 0. The summed E-state index contributed by atoms with van der Waals surface area (Å²) in [5.74, 6) is -0.733. The lowest BCUT2D eigenvalue weighted by Gasteiger charge is -2.18. The van der Waals surface area contributed by atoms with Crippen molar-refractivity contribution in [2.75, 3.05) is 0 Å². The molecule has 0 saturated carbocycles. The van der Waals surface area contributed by atoms with Gasteiger partial charge in [0.25, 0.3) is 0 Å². The van der Waals surface area contributed by atoms with Crippen molar-refractivity contribution < 1.29 is 14.6 Å². The van der Waals surface area contributed by atoms with Crippen LogP contribution in [0.25, 0.3) is 0 Å². The van der Waals surface area contributed by atoms with Crippen LogP contribution in [0.1, 0.15) is 19.4 Å². The number of phenols is 1. The molecule has 12 heavy (non-hydrogen) atoms. The third kappa shape index (κ3) is 1.74. The highest BCUT2D eigenvalue weighted by Crippen LogP contribution is 2.28. The average Bonchev–Trinajstić information content (AvgIpc) is 1.83. The van der Waals surface area contributed by atoms with Gasteiger partial charge in [0.1, 0.15) is 11.6 Å². The molecule has 0 saturated heterocycles. The molecule has 0 radical (unpaired) electrons. The zero-order chi connectivity index (χ0) is 9.35. The van der Waals surface area contributed by atoms with Gasteiger partial charge in [0.05, 0.1) is 5.60 Å². The molecular weight excluding hydrogens is 159 g/mol. The molecule has 0 unspecified atom stereocenters. The van der Waals surface area contributed by atoms with Crippen LogP contribution in [0.2, 0.25) is 0 Å². The smallest absolute Gasteiger partial charge is 0.126 e. The molecule has 0 spiro atoms. The second-order valence-electron chi connectivity index (χ2n) is 3.22. The van der Waals surface area contributed by atoms with Crippen LogP contribution >= 0.6 is 0 Å². The Morgan fingerprint density at radius 1 is 1.33 bits per heavy atom. The third-order valence-electron chi connectivity index (χ3n) is 1.62. The summed E-state index contributed by atoms with van der Waals surface area (Å²) >= 11 is 0. The zero-order valence-corrected chi connectivity index (χ0v) is 7.00. The van der Waals surface area contributed by atoms with Crippen LogP contribution in [0.4, 0.5) is 4.39 Å². The number of hydrogen-bond donors (Lipinski definition) is 2. The number of benzene rings is 1. The first-order chi connectivity index (χ1) is 5.41. The highest BCUT2D eigenvalue weighted by Gasteiger charge is 2.19. The van der Waals surface area contributed by atoms with E-state index in [2.05, 4.69) is 0 Å². The monoisotopic (exact) mass is 170 g/mol. The molecule has 0 aliphatic rings. The molecule has 66 valence electrons. The lowest BCUT2D eigenvalue weighted by atomic mass is 9.97. The van der Waals surface area contributed by atoms with Gasteiger partial charge in [-0.15, -0.1) is 0 Å². The molecule has 0 aromatic heterocycles. The fraction of sp³-hybridized carbons (Fsp3) is 0.333. The predicted molar refractivity (Wildman–Crippen MR) is 43.3 cm³/mol. The van der Waals surface area contributed by atoms with Crippen LogP contribution in [0.15, 0.2) is 18.2 Å². The van der Waals surface area contributed by atoms with E-state index < -0.39 is 11.4 Å². The Hall–Kier alpha value is -1.09. The minimum atomic E-state index is -1.14. The number of hydrogen-bond acceptors (Lipinski definition) is 2. The van der Waals surface area contributed by atoms with E-state index in [9.17, 15) is 14.6 Å². The van der Waals surface area contributed by atoms with E-state index in [1.807, 2.05) is 0 Å². The molecule has 0 bridgehead atoms. The molecule has 2 nitrogen and oxygen atoms in total. The summed E-state index contributed by atoms with van der Waals surface area (Å²) in [6.07, 6.45) is 0. The van der Waals surface area contributed by atoms with Crippen molar-refractivity contribution in [2.45, 2.75) is 19.4 Å². The summed E-state index contributed by atoms with van der Waals surface area (Å²) in [6, 6.07) is 3.55. The lowest BCUT2D eigenvalue weighted by molar-refractivity contribution is 0.0757. The van der Waals surface area contributed by atoms with Gasteiger partial charge < -0.3 is 10.2 Å². The van der Waals surface area contributed by atoms with Gasteiger partial charge >= 0.3 is 0 Å². The van der Waals surface area contributed by atoms with Gasteiger partial charge in [0.15, 0.2) is 0 Å². The Balaban J connectivity index is 3.19. The Labute approximate surface area is 70.3 Å². The van der Waals surface area contributed by atoms with E-state index in [0.717, 1.165) is 6.07 Å². The second kappa shape index (κ2) is 2.75. The van der Waals surface area contributed by atoms with Crippen molar-refractivity contribution in [3.05, 3.63) is 29.6 Å². The first kappa shape index (κ1) is 9.00. The van der Waals surface area contributed by atoms with Crippen molar-refractivity contribution in [1.82, 2.24) is 0 Å². The topological polar surface area (TPSA) is 40.5 Å². The van der Waals surface area contributed by atoms with Crippen LogP contribution in [-0.4, -0.2) is 10.2 Å². The fourth-order valence-corrected chi connectivity index (χ4v) is 1.02. The number of halogens is 1. The largest absolute Gasteiger partial charge is 0.507 e. The SMILES string of the molecule is CC(C)(O)c1ccc(F)cc1O. The molecular formula is C9H11FO2. The first-order valence-electron chi connectivity index (χ1n) is 3.62. The molecule has 1 rings (SSSR count). The summed E-state index contributed by atoms with van der Waals surface area (Å²) in [6.45, 7) is 3.06. The van der Waals surface area contributed by atoms with Crippen LogP contribution < -0.4 is 0 Å². The molecule has 2 N–H and O–H groups in total. The zero-order valence-electron chi connectivity index (χ0n) is 7.00. The molecule has 0 atom stereocenters. The Morgan fingerprint density at radius 2 is 1.92 bits per heavy atom. The first-order valence-corrected chi connectivity index (χ1v) is 3.62. The van der Waals surface area contributed by atoms with Gasteiger partial charge in [-0.3, -0.25) is 0 Å². The Kier molecular flexibility index (Phi) is 2.06. The quantitative estimate of drug-likeness (QED) is 0.674. The third-order valence-corrected chi connectivity index (χ3v) is 1.62. The van der Waals surface area contributed by atoms with E-state index in [1.165, 1.54) is 26.0 Å². The minimum absolute atomic E-state index is 0.220. The van der Waals surface area contributed by atoms with Crippen molar-refractivity contribution >= 4 is 0 Å². The van der Waals surface area contributed by atoms with Crippen molar-refractivity contribution in [3.8, 4) is 5.75 Å². The molecule has 0 heterocycles. The highest BCUT2D eigenvalue weighted by molar-refractivity contribution is 5.36. The van der Waals surface area contributed by atoms with Gasteiger partial charge in [-0.25, -0.2) is 4.39 Å². The molecule has 3 heteroatoms. The normalized spacial score (nSPS) is 11.7. The van der Waals surface area contributed by atoms with Gasteiger partial charge in [-0.2, -0.15) is 0 Å². The standard InChI is InChI=1S/C9H11FO2/c1-9(2,12)7-4-3-6(10)5-8(7)11/h3-5,11-12H,1-2H3. The van der Waals surface area contributed by atoms with Crippen molar-refractivity contribution in [3.63, 3.8) is 0 Å². The van der Waals surface area contributed by atoms with Gasteiger partial charge in [0, 0.05) is 11.6 Å². The predicted octanol–water partition coefficient (Wildman–Crippen LogP) is 1.76. The summed E-state index contributed by atoms with van der Waals surface area (Å²) < 4.78 is 12.5. The number of aromatic hydroxyl groups is 1. The molecule has 0 amide bonds. The maximum absolute atomic E-state index is 12.5. The van der Waals surface area contributed by atoms with Gasteiger partial charge in [-0.1, -0.05) is 0 Å². The van der Waals surface area contributed by atoms with Gasteiger partial charge in [-0.05, 0) is 26.0 Å². The fourth-order valence-electron chi connectivity index (χ4n) is 1.02. The van der Waals surface area contributed by atoms with E-state index in [-0.39, 0.29) is 5.75 Å². The molecule has 1 aromatic rings.